The molecule has 0 bridgehead atoms. The molecule has 0 amide bonds. The molecule has 0 spiro atoms. The Morgan fingerprint density at radius 2 is 1.52 bits per heavy atom. The molecule has 0 saturated carbocycles. The van der Waals surface area contributed by atoms with E-state index in [1.807, 2.05) is 42.6 Å². The Morgan fingerprint density at radius 1 is 0.717 bits per heavy atom. The van der Waals surface area contributed by atoms with E-state index in [9.17, 15) is 13.2 Å². The summed E-state index contributed by atoms with van der Waals surface area (Å²) in [4.78, 5) is 8.11. The van der Waals surface area contributed by atoms with Crippen molar-refractivity contribution < 1.29 is 17.9 Å². The van der Waals surface area contributed by atoms with Crippen molar-refractivity contribution in [2.75, 3.05) is 0 Å². The van der Waals surface area contributed by atoms with Crippen LogP contribution >= 0.6 is 0 Å². The minimum absolute atomic E-state index is 0.213. The molecule has 0 atom stereocenters. The Bertz CT molecular complexity index is 2020. The highest BCUT2D eigenvalue weighted by Crippen LogP contribution is 2.42. The Balaban J connectivity index is 0.000000286. The van der Waals surface area contributed by atoms with Gasteiger partial charge >= 0.3 is 6.36 Å². The maximum absolute atomic E-state index is 12.7. The lowest BCUT2D eigenvalue weighted by molar-refractivity contribution is -0.274. The van der Waals surface area contributed by atoms with Crippen molar-refractivity contribution >= 4 is 27.2 Å². The second kappa shape index (κ2) is 12.6. The molecule has 2 aliphatic rings. The van der Waals surface area contributed by atoms with Gasteiger partial charge in [-0.2, -0.15) is 0 Å². The van der Waals surface area contributed by atoms with E-state index in [1.54, 1.807) is 30.1 Å². The van der Waals surface area contributed by atoms with E-state index in [0.29, 0.717) is 0 Å². The number of aromatic nitrogens is 2. The van der Waals surface area contributed by atoms with Gasteiger partial charge in [0.1, 0.15) is 5.75 Å². The fourth-order valence-corrected chi connectivity index (χ4v) is 6.59. The van der Waals surface area contributed by atoms with Gasteiger partial charge in [0, 0.05) is 24.0 Å². The molecule has 2 heterocycles. The van der Waals surface area contributed by atoms with E-state index >= 15 is 0 Å². The minimum atomic E-state index is -4.70. The summed E-state index contributed by atoms with van der Waals surface area (Å²) >= 11 is 0. The monoisotopic (exact) mass is 612 g/mol. The van der Waals surface area contributed by atoms with Crippen molar-refractivity contribution in [3.8, 4) is 16.9 Å². The highest BCUT2D eigenvalue weighted by atomic mass is 19.4. The van der Waals surface area contributed by atoms with Gasteiger partial charge < -0.3 is 4.74 Å². The molecular formula is C40H31F3N2O. The zero-order valence-electron chi connectivity index (χ0n) is 25.1. The SMILES string of the molecule is FC(F)(F)Oc1ccc(-c2ccc3c4c(ccc3c2Cc2ccccc2)C2=C(CCC=C2)CC4)cc1.c1cnc2ccncc2c1. The van der Waals surface area contributed by atoms with E-state index in [2.05, 4.69) is 63.3 Å². The molecule has 3 nitrogen and oxygen atoms in total. The molecule has 8 rings (SSSR count). The van der Waals surface area contributed by atoms with Gasteiger partial charge in [-0.05, 0) is 112 Å². The van der Waals surface area contributed by atoms with Crippen molar-refractivity contribution in [2.24, 2.45) is 0 Å². The summed E-state index contributed by atoms with van der Waals surface area (Å²) in [5.41, 5.74) is 11.0. The molecule has 0 saturated heterocycles. The third-order valence-electron chi connectivity index (χ3n) is 8.70. The van der Waals surface area contributed by atoms with Gasteiger partial charge in [-0.1, -0.05) is 84.5 Å². The number of pyridine rings is 2. The van der Waals surface area contributed by atoms with Crippen LogP contribution in [0.1, 0.15) is 41.5 Å². The standard InChI is InChI=1S/C32H25F3O.C8H6N2/c33-32(34,35)36-24-13-10-23(11-14-24)26-16-17-29-28-15-12-22-8-4-5-9-25(22)27(28)18-19-30(29)31(26)20-21-6-2-1-3-7-21;1-2-7-6-9-5-3-8(7)10-4-1/h1-3,5-7,9-11,13-14,16-19H,4,8,12,15,20H2;1-6H. The quantitative estimate of drug-likeness (QED) is 0.199. The number of aryl methyl sites for hydroxylation is 1. The molecular weight excluding hydrogens is 581 g/mol. The molecule has 46 heavy (non-hydrogen) atoms. The average Bonchev–Trinajstić information content (AvgIpc) is 3.08. The second-order valence-electron chi connectivity index (χ2n) is 11.5. The van der Waals surface area contributed by atoms with E-state index < -0.39 is 6.36 Å². The summed E-state index contributed by atoms with van der Waals surface area (Å²) in [7, 11) is 0. The maximum atomic E-state index is 12.7. The van der Waals surface area contributed by atoms with Crippen LogP contribution in [-0.2, 0) is 12.8 Å². The molecule has 0 unspecified atom stereocenters. The van der Waals surface area contributed by atoms with Crippen LogP contribution in [0.2, 0.25) is 0 Å². The van der Waals surface area contributed by atoms with Crippen LogP contribution < -0.4 is 4.74 Å². The van der Waals surface area contributed by atoms with Crippen LogP contribution in [-0.4, -0.2) is 16.3 Å². The van der Waals surface area contributed by atoms with Gasteiger partial charge in [-0.15, -0.1) is 13.2 Å². The molecule has 6 heteroatoms. The number of rotatable bonds is 4. The van der Waals surface area contributed by atoms with E-state index in [0.717, 1.165) is 54.1 Å². The van der Waals surface area contributed by atoms with Crippen LogP contribution in [0.15, 0.2) is 133 Å². The largest absolute Gasteiger partial charge is 0.573 e. The fraction of sp³-hybridized carbons (Fsp3) is 0.150. The zero-order chi connectivity index (χ0) is 31.5. The van der Waals surface area contributed by atoms with Gasteiger partial charge in [-0.25, -0.2) is 0 Å². The molecule has 0 N–H and O–H groups in total. The maximum Gasteiger partial charge on any atom is 0.573 e. The van der Waals surface area contributed by atoms with Gasteiger partial charge in [0.05, 0.1) is 5.52 Å². The van der Waals surface area contributed by atoms with Crippen LogP contribution in [0.5, 0.6) is 5.75 Å². The molecule has 0 aliphatic heterocycles. The summed E-state index contributed by atoms with van der Waals surface area (Å²) in [6.45, 7) is 0. The Morgan fingerprint density at radius 3 is 2.33 bits per heavy atom. The van der Waals surface area contributed by atoms with E-state index in [4.69, 9.17) is 0 Å². The highest BCUT2D eigenvalue weighted by Gasteiger charge is 2.31. The summed E-state index contributed by atoms with van der Waals surface area (Å²) in [6.07, 6.45) is 10.3. The van der Waals surface area contributed by atoms with Crippen LogP contribution in [0.25, 0.3) is 38.4 Å². The first-order valence-electron chi connectivity index (χ1n) is 15.4. The lowest BCUT2D eigenvalue weighted by atomic mass is 9.78. The minimum Gasteiger partial charge on any atom is -0.406 e. The molecule has 0 fully saturated rings. The number of hydrogen-bond donors (Lipinski definition) is 0. The number of ether oxygens (including phenoxy) is 1. The van der Waals surface area contributed by atoms with Crippen molar-refractivity contribution in [3.05, 3.63) is 156 Å². The first kappa shape index (κ1) is 29.5. The number of fused-ring (bicyclic) bond motifs is 5. The summed E-state index contributed by atoms with van der Waals surface area (Å²) in [5, 5.41) is 3.56. The van der Waals surface area contributed by atoms with E-state index in [-0.39, 0.29) is 5.75 Å². The Hall–Kier alpha value is -5.23. The van der Waals surface area contributed by atoms with Crippen molar-refractivity contribution in [1.82, 2.24) is 9.97 Å². The molecule has 0 radical (unpaired) electrons. The first-order chi connectivity index (χ1) is 22.4. The van der Waals surface area contributed by atoms with Crippen LogP contribution in [0.3, 0.4) is 0 Å². The van der Waals surface area contributed by atoms with Crippen molar-refractivity contribution in [1.29, 1.82) is 0 Å². The number of benzene rings is 4. The molecule has 2 aromatic heterocycles. The third kappa shape index (κ3) is 6.29. The van der Waals surface area contributed by atoms with Gasteiger partial charge in [0.25, 0.3) is 0 Å². The van der Waals surface area contributed by atoms with Crippen LogP contribution in [0.4, 0.5) is 13.2 Å². The highest BCUT2D eigenvalue weighted by molar-refractivity contribution is 5.98. The van der Waals surface area contributed by atoms with Crippen LogP contribution in [0, 0.1) is 0 Å². The Labute approximate surface area is 265 Å². The number of halogens is 3. The number of hydrogen-bond acceptors (Lipinski definition) is 3. The number of nitrogens with zero attached hydrogens (tertiary/aromatic N) is 2. The summed E-state index contributed by atoms with van der Waals surface area (Å²) in [6, 6.07) is 31.1. The van der Waals surface area contributed by atoms with Crippen molar-refractivity contribution in [3.63, 3.8) is 0 Å². The van der Waals surface area contributed by atoms with Gasteiger partial charge in [-0.3, -0.25) is 9.97 Å². The lowest BCUT2D eigenvalue weighted by Gasteiger charge is -2.26. The molecule has 6 aromatic rings. The van der Waals surface area contributed by atoms with Crippen molar-refractivity contribution in [2.45, 2.75) is 38.5 Å². The number of alkyl halides is 3. The fourth-order valence-electron chi connectivity index (χ4n) is 6.59. The number of allylic oxidation sites excluding steroid dienone is 4. The lowest BCUT2D eigenvalue weighted by Crippen LogP contribution is -2.16. The van der Waals surface area contributed by atoms with E-state index in [1.165, 1.54) is 50.7 Å². The predicted octanol–water partition coefficient (Wildman–Crippen LogP) is 10.7. The zero-order valence-corrected chi connectivity index (χ0v) is 25.1. The third-order valence-corrected chi connectivity index (χ3v) is 8.70. The molecule has 2 aliphatic carbocycles. The Kier molecular flexibility index (Phi) is 8.10. The average molecular weight is 613 g/mol. The van der Waals surface area contributed by atoms with Gasteiger partial charge in [0.15, 0.2) is 0 Å². The predicted molar refractivity (Wildman–Crippen MR) is 178 cm³/mol. The summed E-state index contributed by atoms with van der Waals surface area (Å²) in [5.74, 6) is -0.213. The topological polar surface area (TPSA) is 35.0 Å². The normalized spacial score (nSPS) is 14.0. The molecule has 228 valence electrons. The smallest absolute Gasteiger partial charge is 0.406 e. The second-order valence-corrected chi connectivity index (χ2v) is 11.5. The molecule has 4 aromatic carbocycles. The summed E-state index contributed by atoms with van der Waals surface area (Å²) < 4.78 is 42.1. The first-order valence-corrected chi connectivity index (χ1v) is 15.4. The van der Waals surface area contributed by atoms with Gasteiger partial charge in [0.2, 0.25) is 0 Å².